The Morgan fingerprint density at radius 2 is 1.80 bits per heavy atom. The summed E-state index contributed by atoms with van der Waals surface area (Å²) in [6.07, 6.45) is 4.96. The number of nitrogens with one attached hydrogen (secondary N) is 1. The summed E-state index contributed by atoms with van der Waals surface area (Å²) in [5, 5.41) is 3.47. The predicted molar refractivity (Wildman–Crippen MR) is 143 cm³/mol. The second-order valence-electron chi connectivity index (χ2n) is 8.69. The van der Waals surface area contributed by atoms with E-state index in [1.54, 1.807) is 6.92 Å². The maximum atomic E-state index is 13.6. The monoisotopic (exact) mass is 603 g/mol. The van der Waals surface area contributed by atoms with E-state index in [1.807, 2.05) is 24.3 Å². The standard InChI is InChI=1S/C24H28BrCl2N3O4S/c1-16(24(32)28-19-8-3-4-9-19)29(14-17-6-5-7-18(25)12-17)23(31)15-30(35(2,33)34)20-10-11-21(26)22(27)13-20/h5-7,10-13,16,19H,3-4,8-9,14-15H2,1-2H3,(H,28,32)/t16-/m1/s1. The van der Waals surface area contributed by atoms with Crippen LogP contribution in [0.15, 0.2) is 46.9 Å². The molecule has 2 aromatic carbocycles. The van der Waals surface area contributed by atoms with E-state index in [-0.39, 0.29) is 34.2 Å². The maximum absolute atomic E-state index is 13.6. The molecule has 1 saturated carbocycles. The van der Waals surface area contributed by atoms with Crippen LogP contribution in [0.2, 0.25) is 10.0 Å². The zero-order chi connectivity index (χ0) is 25.8. The first-order valence-corrected chi connectivity index (χ1v) is 14.6. The van der Waals surface area contributed by atoms with Gasteiger partial charge in [-0.05, 0) is 55.7 Å². The second kappa shape index (κ2) is 12.0. The van der Waals surface area contributed by atoms with Crippen molar-refractivity contribution < 1.29 is 18.0 Å². The fourth-order valence-electron chi connectivity index (χ4n) is 4.06. The third-order valence-electron chi connectivity index (χ3n) is 5.98. The fraction of sp³-hybridized carbons (Fsp3) is 0.417. The van der Waals surface area contributed by atoms with Crippen LogP contribution in [0.4, 0.5) is 5.69 Å². The van der Waals surface area contributed by atoms with Gasteiger partial charge in [-0.25, -0.2) is 8.42 Å². The van der Waals surface area contributed by atoms with Gasteiger partial charge in [0.05, 0.1) is 22.0 Å². The normalized spacial score (nSPS) is 15.0. The van der Waals surface area contributed by atoms with Gasteiger partial charge < -0.3 is 10.2 Å². The molecule has 35 heavy (non-hydrogen) atoms. The van der Waals surface area contributed by atoms with Gasteiger partial charge in [0.1, 0.15) is 12.6 Å². The highest BCUT2D eigenvalue weighted by Crippen LogP contribution is 2.29. The van der Waals surface area contributed by atoms with Crippen LogP contribution in [-0.4, -0.2) is 50.0 Å². The Labute approximate surface area is 224 Å². The molecule has 2 aromatic rings. The first-order chi connectivity index (χ1) is 16.5. The van der Waals surface area contributed by atoms with Gasteiger partial charge in [-0.1, -0.05) is 64.1 Å². The summed E-state index contributed by atoms with van der Waals surface area (Å²) >= 11 is 15.5. The lowest BCUT2D eigenvalue weighted by molar-refractivity contribution is -0.139. The molecule has 11 heteroatoms. The molecule has 0 spiro atoms. The number of nitrogens with zero attached hydrogens (tertiary/aromatic N) is 2. The van der Waals surface area contributed by atoms with Gasteiger partial charge in [-0.15, -0.1) is 0 Å². The van der Waals surface area contributed by atoms with Gasteiger partial charge in [0.25, 0.3) is 0 Å². The van der Waals surface area contributed by atoms with Crippen molar-refractivity contribution in [1.29, 1.82) is 0 Å². The van der Waals surface area contributed by atoms with Crippen molar-refractivity contribution in [3.05, 3.63) is 62.5 Å². The molecule has 0 aromatic heterocycles. The highest BCUT2D eigenvalue weighted by Gasteiger charge is 2.31. The van der Waals surface area contributed by atoms with Crippen LogP contribution < -0.4 is 9.62 Å². The summed E-state index contributed by atoms with van der Waals surface area (Å²) in [5.41, 5.74) is 1.01. The highest BCUT2D eigenvalue weighted by atomic mass is 79.9. The Bertz CT molecular complexity index is 1190. The van der Waals surface area contributed by atoms with Crippen LogP contribution >= 0.6 is 39.1 Å². The first kappa shape index (κ1) is 27.8. The number of hydrogen-bond acceptors (Lipinski definition) is 4. The van der Waals surface area contributed by atoms with Gasteiger partial charge in [0.2, 0.25) is 21.8 Å². The van der Waals surface area contributed by atoms with Crippen molar-refractivity contribution in [3.8, 4) is 0 Å². The SMILES string of the molecule is C[C@H](C(=O)NC1CCCC1)N(Cc1cccc(Br)c1)C(=O)CN(c1ccc(Cl)c(Cl)c1)S(C)(=O)=O. The van der Waals surface area contributed by atoms with Gasteiger partial charge in [0.15, 0.2) is 0 Å². The van der Waals surface area contributed by atoms with E-state index < -0.39 is 28.5 Å². The van der Waals surface area contributed by atoms with E-state index in [9.17, 15) is 18.0 Å². The molecule has 0 aliphatic heterocycles. The quantitative estimate of drug-likeness (QED) is 0.436. The topological polar surface area (TPSA) is 86.8 Å². The molecule has 190 valence electrons. The average molecular weight is 605 g/mol. The minimum absolute atomic E-state index is 0.0940. The summed E-state index contributed by atoms with van der Waals surface area (Å²) in [6, 6.07) is 11.0. The molecular weight excluding hydrogens is 577 g/mol. The van der Waals surface area contributed by atoms with Gasteiger partial charge in [-0.2, -0.15) is 0 Å². The van der Waals surface area contributed by atoms with Crippen molar-refractivity contribution in [2.24, 2.45) is 0 Å². The minimum Gasteiger partial charge on any atom is -0.352 e. The number of carbonyl (C=O) groups is 2. The number of carbonyl (C=O) groups excluding carboxylic acids is 2. The largest absolute Gasteiger partial charge is 0.352 e. The van der Waals surface area contributed by atoms with E-state index in [0.29, 0.717) is 0 Å². The van der Waals surface area contributed by atoms with Crippen LogP contribution in [0.5, 0.6) is 0 Å². The van der Waals surface area contributed by atoms with Crippen LogP contribution in [0.3, 0.4) is 0 Å². The molecule has 1 atom stereocenters. The molecule has 1 fully saturated rings. The molecule has 1 aliphatic rings. The molecule has 7 nitrogen and oxygen atoms in total. The number of amides is 2. The lowest BCUT2D eigenvalue weighted by Gasteiger charge is -2.32. The summed E-state index contributed by atoms with van der Waals surface area (Å²) in [5.74, 6) is -0.781. The van der Waals surface area contributed by atoms with Crippen LogP contribution in [0.25, 0.3) is 0 Å². The van der Waals surface area contributed by atoms with Crippen molar-refractivity contribution in [2.75, 3.05) is 17.1 Å². The molecule has 3 rings (SSSR count). The van der Waals surface area contributed by atoms with Crippen LogP contribution in [0.1, 0.15) is 38.2 Å². The van der Waals surface area contributed by atoms with Gasteiger partial charge in [0, 0.05) is 17.1 Å². The molecule has 1 N–H and O–H groups in total. The fourth-order valence-corrected chi connectivity index (χ4v) is 5.64. The van der Waals surface area contributed by atoms with Crippen molar-refractivity contribution in [2.45, 2.75) is 51.2 Å². The Morgan fingerprint density at radius 3 is 2.40 bits per heavy atom. The third-order valence-corrected chi connectivity index (χ3v) is 8.35. The minimum atomic E-state index is -3.84. The Hall–Kier alpha value is -1.81. The Kier molecular flexibility index (Phi) is 9.48. The molecule has 2 amide bonds. The van der Waals surface area contributed by atoms with E-state index in [1.165, 1.54) is 23.1 Å². The second-order valence-corrected chi connectivity index (χ2v) is 12.3. The Morgan fingerprint density at radius 1 is 1.11 bits per heavy atom. The molecule has 0 unspecified atom stereocenters. The average Bonchev–Trinajstić information content (AvgIpc) is 3.29. The number of rotatable bonds is 9. The smallest absolute Gasteiger partial charge is 0.244 e. The number of anilines is 1. The van der Waals surface area contributed by atoms with Crippen molar-refractivity contribution >= 4 is 66.7 Å². The zero-order valence-corrected chi connectivity index (χ0v) is 23.4. The van der Waals surface area contributed by atoms with E-state index in [0.717, 1.165) is 46.3 Å². The number of halogens is 3. The molecular formula is C24H28BrCl2N3O4S. The molecule has 0 heterocycles. The number of sulfonamides is 1. The molecule has 0 bridgehead atoms. The Balaban J connectivity index is 1.89. The summed E-state index contributed by atoms with van der Waals surface area (Å²) in [7, 11) is -3.84. The summed E-state index contributed by atoms with van der Waals surface area (Å²) < 4.78 is 27.0. The van der Waals surface area contributed by atoms with Crippen molar-refractivity contribution in [3.63, 3.8) is 0 Å². The van der Waals surface area contributed by atoms with E-state index in [2.05, 4.69) is 21.2 Å². The summed E-state index contributed by atoms with van der Waals surface area (Å²) in [4.78, 5) is 28.0. The highest BCUT2D eigenvalue weighted by molar-refractivity contribution is 9.10. The first-order valence-electron chi connectivity index (χ1n) is 11.2. The van der Waals surface area contributed by atoms with Gasteiger partial charge >= 0.3 is 0 Å². The summed E-state index contributed by atoms with van der Waals surface area (Å²) in [6.45, 7) is 1.30. The van der Waals surface area contributed by atoms with Crippen LogP contribution in [0, 0.1) is 0 Å². The van der Waals surface area contributed by atoms with Gasteiger partial charge in [-0.3, -0.25) is 13.9 Å². The number of benzene rings is 2. The zero-order valence-electron chi connectivity index (χ0n) is 19.5. The predicted octanol–water partition coefficient (Wildman–Crippen LogP) is 5.00. The molecule has 0 saturated heterocycles. The lowest BCUT2D eigenvalue weighted by atomic mass is 10.1. The van der Waals surface area contributed by atoms with Crippen molar-refractivity contribution in [1.82, 2.24) is 10.2 Å². The lowest BCUT2D eigenvalue weighted by Crippen LogP contribution is -2.52. The van der Waals surface area contributed by atoms with E-state index >= 15 is 0 Å². The maximum Gasteiger partial charge on any atom is 0.244 e. The van der Waals surface area contributed by atoms with Crippen LogP contribution in [-0.2, 0) is 26.2 Å². The molecule has 1 aliphatic carbocycles. The third kappa shape index (κ3) is 7.59. The van der Waals surface area contributed by atoms with E-state index in [4.69, 9.17) is 23.2 Å². The molecule has 0 radical (unpaired) electrons. The number of hydrogen-bond donors (Lipinski definition) is 1.